The summed E-state index contributed by atoms with van der Waals surface area (Å²) in [5.41, 5.74) is 7.36. The molecule has 1 aromatic heterocycles. The van der Waals surface area contributed by atoms with E-state index < -0.39 is 0 Å². The molecule has 1 heterocycles. The number of halogens is 2. The molecule has 0 saturated heterocycles. The molecule has 2 N–H and O–H groups in total. The van der Waals surface area contributed by atoms with Crippen molar-refractivity contribution in [2.24, 2.45) is 0 Å². The van der Waals surface area contributed by atoms with Gasteiger partial charge in [-0.2, -0.15) is 0 Å². The Morgan fingerprint density at radius 2 is 2.18 bits per heavy atom. The van der Waals surface area contributed by atoms with Gasteiger partial charge in [0.15, 0.2) is 0 Å². The lowest BCUT2D eigenvalue weighted by Gasteiger charge is -2.04. The first kappa shape index (κ1) is 9.00. The van der Waals surface area contributed by atoms with Gasteiger partial charge >= 0.3 is 0 Å². The van der Waals surface area contributed by atoms with Crippen LogP contribution in [0.1, 0.15) is 5.56 Å². The molecule has 1 rings (SSSR count). The monoisotopic (exact) mass is 277 g/mol. The second-order valence-corrected chi connectivity index (χ2v) is 3.62. The number of aromatic nitrogens is 1. The molecule has 0 unspecified atom stereocenters. The van der Waals surface area contributed by atoms with E-state index in [0.717, 1.165) is 10.2 Å². The molecule has 0 bridgehead atoms. The molecule has 0 amide bonds. The smallest absolute Gasteiger partial charge is 0.130 e. The maximum Gasteiger partial charge on any atom is 0.130 e. The first-order valence-corrected chi connectivity index (χ1v) is 4.63. The van der Waals surface area contributed by atoms with Crippen LogP contribution < -0.4 is 5.73 Å². The van der Waals surface area contributed by atoms with Crippen LogP contribution in [0, 0.1) is 6.92 Å². The molecular formula is C7H7Br2N2. The Hall–Kier alpha value is -0.0900. The second-order valence-electron chi connectivity index (χ2n) is 2.06. The molecule has 0 spiro atoms. The van der Waals surface area contributed by atoms with E-state index in [1.54, 1.807) is 0 Å². The number of hydrogen-bond acceptors (Lipinski definition) is 2. The van der Waals surface area contributed by atoms with Crippen molar-refractivity contribution in [2.45, 2.75) is 6.42 Å². The highest BCUT2D eigenvalue weighted by Gasteiger charge is 2.03. The minimum atomic E-state index is 0.670. The fourth-order valence-corrected chi connectivity index (χ4v) is 1.88. The van der Waals surface area contributed by atoms with Gasteiger partial charge in [-0.05, 0) is 56.8 Å². The van der Waals surface area contributed by atoms with Crippen LogP contribution in [0.5, 0.6) is 0 Å². The van der Waals surface area contributed by atoms with E-state index >= 15 is 0 Å². The third kappa shape index (κ3) is 1.93. The Morgan fingerprint density at radius 3 is 2.73 bits per heavy atom. The van der Waals surface area contributed by atoms with E-state index in [1.807, 2.05) is 6.07 Å². The molecule has 0 aliphatic rings. The van der Waals surface area contributed by atoms with E-state index in [-0.39, 0.29) is 0 Å². The predicted molar refractivity (Wildman–Crippen MR) is 53.1 cm³/mol. The average molecular weight is 279 g/mol. The molecule has 0 saturated carbocycles. The SMILES string of the molecule is [CH2]Cc1cc(Br)nc(Br)c1N. The molecule has 0 atom stereocenters. The van der Waals surface area contributed by atoms with Gasteiger partial charge in [0.2, 0.25) is 0 Å². The summed E-state index contributed by atoms with van der Waals surface area (Å²) in [6.45, 7) is 3.75. The summed E-state index contributed by atoms with van der Waals surface area (Å²) in [4.78, 5) is 4.06. The van der Waals surface area contributed by atoms with E-state index in [1.165, 1.54) is 0 Å². The van der Waals surface area contributed by atoms with Gasteiger partial charge in [-0.3, -0.25) is 0 Å². The van der Waals surface area contributed by atoms with Gasteiger partial charge in [0.05, 0.1) is 5.69 Å². The molecule has 2 nitrogen and oxygen atoms in total. The zero-order valence-electron chi connectivity index (χ0n) is 5.77. The summed E-state index contributed by atoms with van der Waals surface area (Å²) in [5, 5.41) is 0. The number of nitrogen functional groups attached to an aromatic ring is 1. The van der Waals surface area contributed by atoms with Crippen molar-refractivity contribution in [3.8, 4) is 0 Å². The van der Waals surface area contributed by atoms with Crippen LogP contribution in [0.3, 0.4) is 0 Å². The predicted octanol–water partition coefficient (Wildman–Crippen LogP) is 2.57. The largest absolute Gasteiger partial charge is 0.396 e. The first-order chi connectivity index (χ1) is 5.15. The van der Waals surface area contributed by atoms with Gasteiger partial charge in [0, 0.05) is 0 Å². The highest BCUT2D eigenvalue weighted by Crippen LogP contribution is 2.24. The van der Waals surface area contributed by atoms with Crippen LogP contribution in [0.25, 0.3) is 0 Å². The molecule has 1 radical (unpaired) electrons. The molecule has 11 heavy (non-hydrogen) atoms. The van der Waals surface area contributed by atoms with E-state index in [0.29, 0.717) is 16.7 Å². The fraction of sp³-hybridized carbons (Fsp3) is 0.143. The van der Waals surface area contributed by atoms with Gasteiger partial charge in [0.25, 0.3) is 0 Å². The molecule has 1 aromatic rings. The van der Waals surface area contributed by atoms with Gasteiger partial charge < -0.3 is 5.73 Å². The quantitative estimate of drug-likeness (QED) is 0.802. The highest BCUT2D eigenvalue weighted by atomic mass is 79.9. The number of pyridine rings is 1. The van der Waals surface area contributed by atoms with Crippen molar-refractivity contribution in [2.75, 3.05) is 5.73 Å². The average Bonchev–Trinajstić information content (AvgIpc) is 1.96. The summed E-state index contributed by atoms with van der Waals surface area (Å²) in [5.74, 6) is 0. The Bertz CT molecular complexity index is 273. The van der Waals surface area contributed by atoms with Crippen molar-refractivity contribution in [3.05, 3.63) is 27.8 Å². The molecule has 0 fully saturated rings. The maximum absolute atomic E-state index is 5.69. The van der Waals surface area contributed by atoms with Crippen molar-refractivity contribution >= 4 is 37.5 Å². The fourth-order valence-electron chi connectivity index (χ4n) is 0.747. The van der Waals surface area contributed by atoms with E-state index in [9.17, 15) is 0 Å². The van der Waals surface area contributed by atoms with Gasteiger partial charge in [0.1, 0.15) is 9.21 Å². The summed E-state index contributed by atoms with van der Waals surface area (Å²) >= 11 is 6.51. The minimum absolute atomic E-state index is 0.670. The van der Waals surface area contributed by atoms with Crippen LogP contribution in [-0.2, 0) is 6.42 Å². The summed E-state index contributed by atoms with van der Waals surface area (Å²) in [6.07, 6.45) is 0.672. The number of nitrogens with two attached hydrogens (primary N) is 1. The standard InChI is InChI=1S/C7H7Br2N2/c1-2-4-3-5(8)11-7(9)6(4)10/h3H,1-2,10H2. The highest BCUT2D eigenvalue weighted by molar-refractivity contribution is 9.11. The van der Waals surface area contributed by atoms with Crippen LogP contribution in [0.15, 0.2) is 15.3 Å². The Labute approximate surface area is 82.5 Å². The van der Waals surface area contributed by atoms with E-state index in [4.69, 9.17) is 5.73 Å². The Kier molecular flexibility index (Phi) is 2.90. The van der Waals surface area contributed by atoms with Crippen LogP contribution in [0.4, 0.5) is 5.69 Å². The number of rotatable bonds is 1. The summed E-state index contributed by atoms with van der Waals surface area (Å²) in [7, 11) is 0. The third-order valence-corrected chi connectivity index (χ3v) is 2.35. The summed E-state index contributed by atoms with van der Waals surface area (Å²) < 4.78 is 1.45. The lowest BCUT2D eigenvalue weighted by atomic mass is 10.2. The maximum atomic E-state index is 5.69. The number of hydrogen-bond donors (Lipinski definition) is 1. The summed E-state index contributed by atoms with van der Waals surface area (Å²) in [6, 6.07) is 1.87. The Morgan fingerprint density at radius 1 is 1.55 bits per heavy atom. The van der Waals surface area contributed by atoms with Gasteiger partial charge in [-0.25, -0.2) is 4.98 Å². The zero-order chi connectivity index (χ0) is 8.43. The second kappa shape index (κ2) is 3.54. The normalized spacial score (nSPS) is 10.1. The van der Waals surface area contributed by atoms with Crippen LogP contribution in [0.2, 0.25) is 0 Å². The third-order valence-electron chi connectivity index (χ3n) is 1.34. The Balaban J connectivity index is 3.24. The number of anilines is 1. The van der Waals surface area contributed by atoms with Crippen LogP contribution >= 0.6 is 31.9 Å². The van der Waals surface area contributed by atoms with E-state index in [2.05, 4.69) is 43.8 Å². The lowest BCUT2D eigenvalue weighted by Crippen LogP contribution is -1.96. The lowest BCUT2D eigenvalue weighted by molar-refractivity contribution is 1.16. The zero-order valence-corrected chi connectivity index (χ0v) is 8.94. The van der Waals surface area contributed by atoms with Crippen molar-refractivity contribution in [1.82, 2.24) is 4.98 Å². The molecule has 0 aliphatic carbocycles. The molecule has 59 valence electrons. The minimum Gasteiger partial charge on any atom is -0.396 e. The van der Waals surface area contributed by atoms with Gasteiger partial charge in [-0.15, -0.1) is 0 Å². The molecular weight excluding hydrogens is 272 g/mol. The topological polar surface area (TPSA) is 38.9 Å². The van der Waals surface area contributed by atoms with Gasteiger partial charge in [-0.1, -0.05) is 0 Å². The number of nitrogens with zero attached hydrogens (tertiary/aromatic N) is 1. The van der Waals surface area contributed by atoms with Crippen molar-refractivity contribution < 1.29 is 0 Å². The molecule has 4 heteroatoms. The first-order valence-electron chi connectivity index (χ1n) is 3.04. The molecule has 0 aromatic carbocycles. The van der Waals surface area contributed by atoms with Crippen molar-refractivity contribution in [3.63, 3.8) is 0 Å². The van der Waals surface area contributed by atoms with Crippen molar-refractivity contribution in [1.29, 1.82) is 0 Å². The molecule has 0 aliphatic heterocycles. The van der Waals surface area contributed by atoms with Crippen LogP contribution in [-0.4, -0.2) is 4.98 Å².